The Bertz CT molecular complexity index is 237. The van der Waals surface area contributed by atoms with Gasteiger partial charge in [0, 0.05) is 24.3 Å². The van der Waals surface area contributed by atoms with Gasteiger partial charge in [0.25, 0.3) is 0 Å². The lowest BCUT2D eigenvalue weighted by Crippen LogP contribution is -2.36. The van der Waals surface area contributed by atoms with E-state index in [0.29, 0.717) is 17.6 Å². The Labute approximate surface area is 102 Å². The molecule has 2 aliphatic rings. The van der Waals surface area contributed by atoms with Crippen LogP contribution in [0.25, 0.3) is 0 Å². The van der Waals surface area contributed by atoms with Crippen LogP contribution in [0, 0.1) is 5.92 Å². The Morgan fingerprint density at radius 3 is 2.81 bits per heavy atom. The molecule has 0 spiro atoms. The minimum Gasteiger partial charge on any atom is -0.355 e. The highest BCUT2D eigenvalue weighted by Gasteiger charge is 2.29. The van der Waals surface area contributed by atoms with Crippen LogP contribution in [0.15, 0.2) is 0 Å². The van der Waals surface area contributed by atoms with Gasteiger partial charge in [0.15, 0.2) is 0 Å². The maximum Gasteiger partial charge on any atom is 0.221 e. The number of carbonyl (C=O) groups excluding carboxylic acids is 1. The highest BCUT2D eigenvalue weighted by molar-refractivity contribution is 7.99. The highest BCUT2D eigenvalue weighted by atomic mass is 32.2. The Morgan fingerprint density at radius 1 is 1.38 bits per heavy atom. The lowest BCUT2D eigenvalue weighted by atomic mass is 10.1. The Morgan fingerprint density at radius 2 is 2.19 bits per heavy atom. The lowest BCUT2D eigenvalue weighted by Gasteiger charge is -2.21. The SMILES string of the molecule is NC(CC(=O)NCC1CCCCS1)C1CC1. The van der Waals surface area contributed by atoms with Crippen LogP contribution in [-0.2, 0) is 4.79 Å². The van der Waals surface area contributed by atoms with Gasteiger partial charge >= 0.3 is 0 Å². The molecule has 2 unspecified atom stereocenters. The van der Waals surface area contributed by atoms with Gasteiger partial charge in [-0.15, -0.1) is 0 Å². The van der Waals surface area contributed by atoms with Crippen LogP contribution in [0.5, 0.6) is 0 Å². The van der Waals surface area contributed by atoms with E-state index in [9.17, 15) is 4.79 Å². The van der Waals surface area contributed by atoms with E-state index >= 15 is 0 Å². The first-order chi connectivity index (χ1) is 7.75. The van der Waals surface area contributed by atoms with Crippen LogP contribution >= 0.6 is 11.8 Å². The lowest BCUT2D eigenvalue weighted by molar-refractivity contribution is -0.121. The fourth-order valence-electron chi connectivity index (χ4n) is 2.17. The summed E-state index contributed by atoms with van der Waals surface area (Å²) < 4.78 is 0. The van der Waals surface area contributed by atoms with Crippen molar-refractivity contribution in [1.29, 1.82) is 0 Å². The van der Waals surface area contributed by atoms with Crippen LogP contribution < -0.4 is 11.1 Å². The molecule has 1 saturated carbocycles. The van der Waals surface area contributed by atoms with Crippen LogP contribution in [0.3, 0.4) is 0 Å². The van der Waals surface area contributed by atoms with Gasteiger partial charge in [0.2, 0.25) is 5.91 Å². The summed E-state index contributed by atoms with van der Waals surface area (Å²) in [5.41, 5.74) is 5.92. The van der Waals surface area contributed by atoms with Gasteiger partial charge in [-0.3, -0.25) is 4.79 Å². The molecule has 2 atom stereocenters. The summed E-state index contributed by atoms with van der Waals surface area (Å²) in [7, 11) is 0. The van der Waals surface area contributed by atoms with Crippen LogP contribution in [0.4, 0.5) is 0 Å². The van der Waals surface area contributed by atoms with Crippen molar-refractivity contribution in [2.24, 2.45) is 11.7 Å². The molecule has 2 fully saturated rings. The molecule has 2 rings (SSSR count). The maximum atomic E-state index is 11.6. The number of hydrogen-bond donors (Lipinski definition) is 2. The van der Waals surface area contributed by atoms with Crippen molar-refractivity contribution in [3.05, 3.63) is 0 Å². The predicted molar refractivity (Wildman–Crippen MR) is 68.4 cm³/mol. The third kappa shape index (κ3) is 3.98. The molecule has 1 saturated heterocycles. The van der Waals surface area contributed by atoms with Gasteiger partial charge in [0.05, 0.1) is 0 Å². The number of carbonyl (C=O) groups is 1. The first kappa shape index (κ1) is 12.2. The van der Waals surface area contributed by atoms with E-state index in [4.69, 9.17) is 5.73 Å². The summed E-state index contributed by atoms with van der Waals surface area (Å²) in [4.78, 5) is 11.6. The largest absolute Gasteiger partial charge is 0.355 e. The third-order valence-corrected chi connectivity index (χ3v) is 4.85. The quantitative estimate of drug-likeness (QED) is 0.768. The van der Waals surface area contributed by atoms with Crippen molar-refractivity contribution in [2.75, 3.05) is 12.3 Å². The van der Waals surface area contributed by atoms with Crippen molar-refractivity contribution < 1.29 is 4.79 Å². The number of thioether (sulfide) groups is 1. The van der Waals surface area contributed by atoms with E-state index in [1.165, 1.54) is 37.9 Å². The van der Waals surface area contributed by atoms with Crippen LogP contribution in [-0.4, -0.2) is 29.5 Å². The number of rotatable bonds is 5. The smallest absolute Gasteiger partial charge is 0.221 e. The van der Waals surface area contributed by atoms with Crippen LogP contribution in [0.2, 0.25) is 0 Å². The number of nitrogens with one attached hydrogen (secondary N) is 1. The average molecular weight is 242 g/mol. The van der Waals surface area contributed by atoms with E-state index < -0.39 is 0 Å². The van der Waals surface area contributed by atoms with Crippen molar-refractivity contribution in [3.63, 3.8) is 0 Å². The highest BCUT2D eigenvalue weighted by Crippen LogP contribution is 2.32. The van der Waals surface area contributed by atoms with E-state index in [1.807, 2.05) is 11.8 Å². The second-order valence-corrected chi connectivity index (χ2v) is 6.41. The molecule has 0 bridgehead atoms. The van der Waals surface area contributed by atoms with E-state index in [0.717, 1.165) is 6.54 Å². The van der Waals surface area contributed by atoms with E-state index in [2.05, 4.69) is 5.32 Å². The number of nitrogens with two attached hydrogens (primary N) is 1. The van der Waals surface area contributed by atoms with Gasteiger partial charge < -0.3 is 11.1 Å². The zero-order valence-corrected chi connectivity index (χ0v) is 10.6. The Hall–Kier alpha value is -0.220. The first-order valence-corrected chi connectivity index (χ1v) is 7.44. The molecule has 3 nitrogen and oxygen atoms in total. The van der Waals surface area contributed by atoms with Gasteiger partial charge in [-0.05, 0) is 37.4 Å². The molecule has 0 aromatic rings. The van der Waals surface area contributed by atoms with Gasteiger partial charge in [0.1, 0.15) is 0 Å². The third-order valence-electron chi connectivity index (χ3n) is 3.45. The van der Waals surface area contributed by atoms with E-state index in [-0.39, 0.29) is 11.9 Å². The molecule has 0 aromatic heterocycles. The zero-order valence-electron chi connectivity index (χ0n) is 9.78. The summed E-state index contributed by atoms with van der Waals surface area (Å²) >= 11 is 2.00. The molecule has 1 amide bonds. The molecule has 92 valence electrons. The molecule has 1 aliphatic carbocycles. The monoisotopic (exact) mass is 242 g/mol. The summed E-state index contributed by atoms with van der Waals surface area (Å²) in [5, 5.41) is 3.66. The van der Waals surface area contributed by atoms with Crippen molar-refractivity contribution in [3.8, 4) is 0 Å². The zero-order chi connectivity index (χ0) is 11.4. The molecule has 3 N–H and O–H groups in total. The molecular weight excluding hydrogens is 220 g/mol. The molecule has 4 heteroatoms. The van der Waals surface area contributed by atoms with E-state index in [1.54, 1.807) is 0 Å². The summed E-state index contributed by atoms with van der Waals surface area (Å²) in [6.45, 7) is 0.834. The maximum absolute atomic E-state index is 11.6. The van der Waals surface area contributed by atoms with Gasteiger partial charge in [-0.2, -0.15) is 11.8 Å². The van der Waals surface area contributed by atoms with Crippen LogP contribution in [0.1, 0.15) is 38.5 Å². The predicted octanol–water partition coefficient (Wildman–Crippen LogP) is 1.52. The molecule has 1 aliphatic heterocycles. The summed E-state index contributed by atoms with van der Waals surface area (Å²) in [6, 6.07) is 0.0963. The fourth-order valence-corrected chi connectivity index (χ4v) is 3.41. The fraction of sp³-hybridized carbons (Fsp3) is 0.917. The summed E-state index contributed by atoms with van der Waals surface area (Å²) in [6.07, 6.45) is 6.85. The standard InChI is InChI=1S/C12H22N2OS/c13-11(9-4-5-9)7-12(15)14-8-10-3-1-2-6-16-10/h9-11H,1-8,13H2,(H,14,15). The number of amides is 1. The Kier molecular flexibility index (Phi) is 4.53. The van der Waals surface area contributed by atoms with Gasteiger partial charge in [-0.25, -0.2) is 0 Å². The molecular formula is C12H22N2OS. The topological polar surface area (TPSA) is 55.1 Å². The van der Waals surface area contributed by atoms with Gasteiger partial charge in [-0.1, -0.05) is 6.42 Å². The number of hydrogen-bond acceptors (Lipinski definition) is 3. The molecule has 1 heterocycles. The average Bonchev–Trinajstić information content (AvgIpc) is 3.11. The second kappa shape index (κ2) is 5.92. The minimum absolute atomic E-state index is 0.0963. The second-order valence-electron chi connectivity index (χ2n) is 5.00. The van der Waals surface area contributed by atoms with Crippen molar-refractivity contribution in [2.45, 2.75) is 49.8 Å². The molecule has 0 aromatic carbocycles. The van der Waals surface area contributed by atoms with Crippen molar-refractivity contribution in [1.82, 2.24) is 5.32 Å². The van der Waals surface area contributed by atoms with Crippen molar-refractivity contribution >= 4 is 17.7 Å². The first-order valence-electron chi connectivity index (χ1n) is 6.39. The normalized spacial score (nSPS) is 27.4. The minimum atomic E-state index is 0.0963. The molecule has 16 heavy (non-hydrogen) atoms. The Balaban J connectivity index is 1.58. The molecule has 0 radical (unpaired) electrons. The summed E-state index contributed by atoms with van der Waals surface area (Å²) in [5.74, 6) is 2.02.